The molecule has 3 unspecified atom stereocenters. The molecule has 3 heteroatoms. The van der Waals surface area contributed by atoms with Crippen molar-refractivity contribution in [2.24, 2.45) is 5.92 Å². The van der Waals surface area contributed by atoms with E-state index in [4.69, 9.17) is 0 Å². The Morgan fingerprint density at radius 3 is 2.58 bits per heavy atom. The monoisotopic (exact) mass is 263 g/mol. The summed E-state index contributed by atoms with van der Waals surface area (Å²) in [7, 11) is 0. The Labute approximate surface area is 115 Å². The molecule has 3 nitrogen and oxygen atoms in total. The van der Waals surface area contributed by atoms with Gasteiger partial charge >= 0.3 is 0 Å². The van der Waals surface area contributed by atoms with Gasteiger partial charge < -0.3 is 15.1 Å². The lowest BCUT2D eigenvalue weighted by Crippen LogP contribution is -2.41. The highest BCUT2D eigenvalue weighted by molar-refractivity contribution is 5.25. The summed E-state index contributed by atoms with van der Waals surface area (Å²) in [5, 5.41) is 19.5. The second-order valence-corrected chi connectivity index (χ2v) is 6.11. The lowest BCUT2D eigenvalue weighted by molar-refractivity contribution is 0.118. The third-order valence-corrected chi connectivity index (χ3v) is 4.38. The van der Waals surface area contributed by atoms with E-state index in [0.717, 1.165) is 26.1 Å². The first-order valence-electron chi connectivity index (χ1n) is 7.12. The van der Waals surface area contributed by atoms with Gasteiger partial charge in [-0.25, -0.2) is 0 Å². The van der Waals surface area contributed by atoms with Gasteiger partial charge in [-0.05, 0) is 31.4 Å². The second-order valence-electron chi connectivity index (χ2n) is 6.11. The van der Waals surface area contributed by atoms with Gasteiger partial charge in [0, 0.05) is 18.5 Å². The van der Waals surface area contributed by atoms with Crippen molar-refractivity contribution in [3.63, 3.8) is 0 Å². The van der Waals surface area contributed by atoms with Crippen molar-refractivity contribution in [1.82, 2.24) is 4.90 Å². The van der Waals surface area contributed by atoms with Gasteiger partial charge in [-0.15, -0.1) is 0 Å². The number of benzene rings is 1. The first-order valence-corrected chi connectivity index (χ1v) is 7.12. The first-order chi connectivity index (χ1) is 9.05. The van der Waals surface area contributed by atoms with Gasteiger partial charge in [0.25, 0.3) is 0 Å². The van der Waals surface area contributed by atoms with E-state index < -0.39 is 0 Å². The van der Waals surface area contributed by atoms with E-state index in [2.05, 4.69) is 24.0 Å². The Balaban J connectivity index is 2.04. The standard InChI is InChI=1S/C16H25NO2/c1-13(19)14-8-9-17(10-14)11-16(2,12-18)15-6-4-3-5-7-15/h3-7,13-14,18-19H,8-12H2,1-2H3. The molecule has 2 rings (SSSR count). The zero-order chi connectivity index (χ0) is 13.9. The topological polar surface area (TPSA) is 43.7 Å². The van der Waals surface area contributed by atoms with Crippen LogP contribution in [0.15, 0.2) is 30.3 Å². The van der Waals surface area contributed by atoms with Crippen LogP contribution < -0.4 is 0 Å². The summed E-state index contributed by atoms with van der Waals surface area (Å²) in [6, 6.07) is 10.2. The van der Waals surface area contributed by atoms with Crippen LogP contribution in [0.4, 0.5) is 0 Å². The van der Waals surface area contributed by atoms with E-state index >= 15 is 0 Å². The SMILES string of the molecule is CC(O)C1CCN(CC(C)(CO)c2ccccc2)C1. The van der Waals surface area contributed by atoms with Crippen molar-refractivity contribution in [1.29, 1.82) is 0 Å². The third kappa shape index (κ3) is 3.35. The lowest BCUT2D eigenvalue weighted by atomic mass is 9.83. The number of hydrogen-bond acceptors (Lipinski definition) is 3. The summed E-state index contributed by atoms with van der Waals surface area (Å²) in [5.41, 5.74) is 0.951. The highest BCUT2D eigenvalue weighted by Gasteiger charge is 2.33. The zero-order valence-electron chi connectivity index (χ0n) is 11.9. The molecule has 1 saturated heterocycles. The Bertz CT molecular complexity index is 393. The highest BCUT2D eigenvalue weighted by atomic mass is 16.3. The van der Waals surface area contributed by atoms with Crippen molar-refractivity contribution in [2.45, 2.75) is 31.8 Å². The Morgan fingerprint density at radius 1 is 1.37 bits per heavy atom. The summed E-state index contributed by atoms with van der Waals surface area (Å²) in [6.45, 7) is 6.91. The van der Waals surface area contributed by atoms with Crippen LogP contribution in [-0.4, -0.2) is 47.5 Å². The average Bonchev–Trinajstić information content (AvgIpc) is 2.88. The van der Waals surface area contributed by atoms with Gasteiger partial charge in [-0.2, -0.15) is 0 Å². The largest absolute Gasteiger partial charge is 0.395 e. The van der Waals surface area contributed by atoms with E-state index in [0.29, 0.717) is 5.92 Å². The molecule has 0 bridgehead atoms. The van der Waals surface area contributed by atoms with Crippen LogP contribution in [0.1, 0.15) is 25.8 Å². The van der Waals surface area contributed by atoms with Crippen LogP contribution in [0, 0.1) is 5.92 Å². The van der Waals surface area contributed by atoms with Gasteiger partial charge in [0.1, 0.15) is 0 Å². The summed E-state index contributed by atoms with van der Waals surface area (Å²) in [5.74, 6) is 0.374. The van der Waals surface area contributed by atoms with Crippen LogP contribution in [0.3, 0.4) is 0 Å². The fourth-order valence-corrected chi connectivity index (χ4v) is 2.97. The average molecular weight is 263 g/mol. The maximum absolute atomic E-state index is 9.80. The molecular weight excluding hydrogens is 238 g/mol. The minimum Gasteiger partial charge on any atom is -0.395 e. The maximum Gasteiger partial charge on any atom is 0.0552 e. The summed E-state index contributed by atoms with van der Waals surface area (Å²) < 4.78 is 0. The molecule has 2 N–H and O–H groups in total. The molecule has 0 radical (unpaired) electrons. The molecule has 1 heterocycles. The predicted octanol–water partition coefficient (Wildman–Crippen LogP) is 1.64. The van der Waals surface area contributed by atoms with Crippen molar-refractivity contribution < 1.29 is 10.2 Å². The van der Waals surface area contributed by atoms with Crippen LogP contribution in [0.5, 0.6) is 0 Å². The summed E-state index contributed by atoms with van der Waals surface area (Å²) >= 11 is 0. The Morgan fingerprint density at radius 2 is 2.05 bits per heavy atom. The second kappa shape index (κ2) is 6.04. The number of likely N-dealkylation sites (tertiary alicyclic amines) is 1. The Kier molecular flexibility index (Phi) is 4.61. The molecule has 0 saturated carbocycles. The van der Waals surface area contributed by atoms with E-state index in [1.54, 1.807) is 0 Å². The minimum absolute atomic E-state index is 0.146. The molecule has 1 aliphatic heterocycles. The molecule has 106 valence electrons. The fourth-order valence-electron chi connectivity index (χ4n) is 2.97. The molecule has 0 aliphatic carbocycles. The molecule has 1 fully saturated rings. The maximum atomic E-state index is 9.80. The van der Waals surface area contributed by atoms with Crippen molar-refractivity contribution >= 4 is 0 Å². The Hall–Kier alpha value is -0.900. The van der Waals surface area contributed by atoms with Gasteiger partial charge in [-0.3, -0.25) is 0 Å². The predicted molar refractivity (Wildman–Crippen MR) is 77.1 cm³/mol. The van der Waals surface area contributed by atoms with Gasteiger partial charge in [0.2, 0.25) is 0 Å². The number of rotatable bonds is 5. The molecular formula is C16H25NO2. The molecule has 0 spiro atoms. The number of aliphatic hydroxyl groups excluding tert-OH is 2. The zero-order valence-corrected chi connectivity index (χ0v) is 11.9. The van der Waals surface area contributed by atoms with Gasteiger partial charge in [-0.1, -0.05) is 37.3 Å². The summed E-state index contributed by atoms with van der Waals surface area (Å²) in [6.07, 6.45) is 0.815. The first kappa shape index (κ1) is 14.5. The smallest absolute Gasteiger partial charge is 0.0552 e. The van der Waals surface area contributed by atoms with Crippen molar-refractivity contribution in [3.05, 3.63) is 35.9 Å². The van der Waals surface area contributed by atoms with Gasteiger partial charge in [0.05, 0.1) is 12.7 Å². The molecule has 0 amide bonds. The van der Waals surface area contributed by atoms with Crippen molar-refractivity contribution in [3.8, 4) is 0 Å². The molecule has 19 heavy (non-hydrogen) atoms. The molecule has 1 aliphatic rings. The van der Waals surface area contributed by atoms with Crippen LogP contribution in [0.2, 0.25) is 0 Å². The van der Waals surface area contributed by atoms with E-state index in [-0.39, 0.29) is 18.1 Å². The molecule has 3 atom stereocenters. The van der Waals surface area contributed by atoms with Crippen LogP contribution in [0.25, 0.3) is 0 Å². The third-order valence-electron chi connectivity index (χ3n) is 4.38. The molecule has 1 aromatic carbocycles. The van der Waals surface area contributed by atoms with E-state index in [9.17, 15) is 10.2 Å². The fraction of sp³-hybridized carbons (Fsp3) is 0.625. The quantitative estimate of drug-likeness (QED) is 0.849. The van der Waals surface area contributed by atoms with Crippen LogP contribution in [-0.2, 0) is 5.41 Å². The molecule has 0 aromatic heterocycles. The van der Waals surface area contributed by atoms with Crippen LogP contribution >= 0.6 is 0 Å². The summed E-state index contributed by atoms with van der Waals surface area (Å²) in [4.78, 5) is 2.36. The highest BCUT2D eigenvalue weighted by Crippen LogP contribution is 2.28. The number of aliphatic hydroxyl groups is 2. The lowest BCUT2D eigenvalue weighted by Gasteiger charge is -2.33. The van der Waals surface area contributed by atoms with E-state index in [1.165, 1.54) is 5.56 Å². The molecule has 1 aromatic rings. The van der Waals surface area contributed by atoms with Crippen molar-refractivity contribution in [2.75, 3.05) is 26.2 Å². The van der Waals surface area contributed by atoms with E-state index in [1.807, 2.05) is 25.1 Å². The number of nitrogens with zero attached hydrogens (tertiary/aromatic N) is 1. The van der Waals surface area contributed by atoms with Gasteiger partial charge in [0.15, 0.2) is 0 Å². The normalized spacial score (nSPS) is 25.2. The minimum atomic E-state index is -0.234. The number of hydrogen-bond donors (Lipinski definition) is 2.